The Kier molecular flexibility index (Phi) is 4.88. The molecule has 0 radical (unpaired) electrons. The number of fused-ring (bicyclic) bond motifs is 2. The van der Waals surface area contributed by atoms with Crippen molar-refractivity contribution in [3.05, 3.63) is 72.4 Å². The van der Waals surface area contributed by atoms with Crippen molar-refractivity contribution in [1.82, 2.24) is 9.78 Å². The Morgan fingerprint density at radius 1 is 0.926 bits per heavy atom. The number of anilines is 1. The number of nitrogens with one attached hydrogen (secondary N) is 1. The molecule has 1 aromatic heterocycles. The fraction of sp³-hybridized carbons (Fsp3) is 0.217. The van der Waals surface area contributed by atoms with Crippen LogP contribution in [0, 0.1) is 0 Å². The van der Waals surface area contributed by atoms with Crippen molar-refractivity contribution in [2.24, 2.45) is 0 Å². The number of amides is 1. The first-order valence-corrected chi connectivity index (χ1v) is 9.52. The van der Waals surface area contributed by atoms with Gasteiger partial charge in [-0.15, -0.1) is 0 Å². The van der Waals surface area contributed by atoms with Crippen LogP contribution >= 0.6 is 0 Å². The summed E-state index contributed by atoms with van der Waals surface area (Å²) >= 11 is 0. The lowest BCUT2D eigenvalue weighted by molar-refractivity contribution is 0.102. The van der Waals surface area contributed by atoms with Gasteiger partial charge in [0.25, 0.3) is 5.91 Å². The molecular weight excluding hydrogens is 334 g/mol. The summed E-state index contributed by atoms with van der Waals surface area (Å²) < 4.78 is 1.96. The zero-order chi connectivity index (χ0) is 18.6. The van der Waals surface area contributed by atoms with E-state index in [0.29, 0.717) is 5.69 Å². The lowest BCUT2D eigenvalue weighted by atomic mass is 10.1. The van der Waals surface area contributed by atoms with Crippen molar-refractivity contribution < 1.29 is 4.79 Å². The minimum Gasteiger partial charge on any atom is -0.320 e. The van der Waals surface area contributed by atoms with E-state index in [-0.39, 0.29) is 5.91 Å². The van der Waals surface area contributed by atoms with Gasteiger partial charge in [-0.25, -0.2) is 0 Å². The number of hydrogen-bond acceptors (Lipinski definition) is 2. The van der Waals surface area contributed by atoms with Gasteiger partial charge in [-0.1, -0.05) is 74.4 Å². The predicted molar refractivity (Wildman–Crippen MR) is 111 cm³/mol. The highest BCUT2D eigenvalue weighted by molar-refractivity contribution is 6.13. The molecule has 0 saturated carbocycles. The van der Waals surface area contributed by atoms with Gasteiger partial charge in [0.2, 0.25) is 0 Å². The summed E-state index contributed by atoms with van der Waals surface area (Å²) in [6.45, 7) is 3.01. The van der Waals surface area contributed by atoms with Crippen LogP contribution in [0.2, 0.25) is 0 Å². The number of aromatic nitrogens is 2. The second-order valence-electron chi connectivity index (χ2n) is 6.78. The second kappa shape index (κ2) is 7.62. The van der Waals surface area contributed by atoms with E-state index in [1.54, 1.807) is 0 Å². The van der Waals surface area contributed by atoms with Gasteiger partial charge < -0.3 is 5.32 Å². The summed E-state index contributed by atoms with van der Waals surface area (Å²) in [4.78, 5) is 13.0. The van der Waals surface area contributed by atoms with Crippen LogP contribution in [0.5, 0.6) is 0 Å². The molecule has 4 heteroatoms. The average molecular weight is 357 g/mol. The Bertz CT molecular complexity index is 1090. The fourth-order valence-corrected chi connectivity index (χ4v) is 3.49. The molecule has 0 atom stereocenters. The van der Waals surface area contributed by atoms with E-state index in [4.69, 9.17) is 0 Å². The maximum absolute atomic E-state index is 13.0. The SMILES string of the molecule is CCCCCn1nc(C(=O)Nc2cccc3ccccc23)c2ccccc21. The maximum Gasteiger partial charge on any atom is 0.276 e. The summed E-state index contributed by atoms with van der Waals surface area (Å²) in [7, 11) is 0. The third-order valence-electron chi connectivity index (χ3n) is 4.88. The van der Waals surface area contributed by atoms with Gasteiger partial charge in [0, 0.05) is 23.0 Å². The molecule has 3 aromatic carbocycles. The van der Waals surface area contributed by atoms with E-state index in [2.05, 4.69) is 17.3 Å². The smallest absolute Gasteiger partial charge is 0.276 e. The van der Waals surface area contributed by atoms with Crippen LogP contribution in [-0.4, -0.2) is 15.7 Å². The molecule has 1 N–H and O–H groups in total. The van der Waals surface area contributed by atoms with Gasteiger partial charge in [0.05, 0.1) is 5.52 Å². The molecular formula is C23H23N3O. The van der Waals surface area contributed by atoms with Crippen molar-refractivity contribution in [3.8, 4) is 0 Å². The van der Waals surface area contributed by atoms with Gasteiger partial charge in [-0.05, 0) is 23.9 Å². The zero-order valence-corrected chi connectivity index (χ0v) is 15.5. The molecule has 0 aliphatic heterocycles. The van der Waals surface area contributed by atoms with Gasteiger partial charge in [0.1, 0.15) is 0 Å². The van der Waals surface area contributed by atoms with Crippen molar-refractivity contribution in [2.45, 2.75) is 32.7 Å². The molecule has 0 unspecified atom stereocenters. The Labute approximate surface area is 158 Å². The van der Waals surface area contributed by atoms with E-state index in [1.165, 1.54) is 0 Å². The molecule has 4 rings (SSSR count). The largest absolute Gasteiger partial charge is 0.320 e. The minimum absolute atomic E-state index is 0.170. The summed E-state index contributed by atoms with van der Waals surface area (Å²) in [6.07, 6.45) is 3.38. The normalized spacial score (nSPS) is 11.1. The van der Waals surface area contributed by atoms with Crippen LogP contribution in [0.1, 0.15) is 36.7 Å². The highest BCUT2D eigenvalue weighted by Gasteiger charge is 2.17. The first kappa shape index (κ1) is 17.3. The molecule has 0 saturated heterocycles. The number of hydrogen-bond donors (Lipinski definition) is 1. The van der Waals surface area contributed by atoms with Crippen LogP contribution in [-0.2, 0) is 6.54 Å². The molecule has 1 heterocycles. The van der Waals surface area contributed by atoms with Crippen molar-refractivity contribution in [2.75, 3.05) is 5.32 Å². The number of para-hydroxylation sites is 1. The van der Waals surface area contributed by atoms with Crippen LogP contribution in [0.4, 0.5) is 5.69 Å². The van der Waals surface area contributed by atoms with Crippen molar-refractivity contribution in [1.29, 1.82) is 0 Å². The van der Waals surface area contributed by atoms with Crippen LogP contribution < -0.4 is 5.32 Å². The third-order valence-corrected chi connectivity index (χ3v) is 4.88. The highest BCUT2D eigenvalue weighted by atomic mass is 16.2. The van der Waals surface area contributed by atoms with Crippen molar-refractivity contribution in [3.63, 3.8) is 0 Å². The van der Waals surface area contributed by atoms with Crippen LogP contribution in [0.3, 0.4) is 0 Å². The summed E-state index contributed by atoms with van der Waals surface area (Å²) in [5, 5.41) is 10.7. The Balaban J connectivity index is 1.68. The van der Waals surface area contributed by atoms with E-state index >= 15 is 0 Å². The number of benzene rings is 3. The van der Waals surface area contributed by atoms with E-state index in [1.807, 2.05) is 71.4 Å². The molecule has 0 spiro atoms. The first-order valence-electron chi connectivity index (χ1n) is 9.52. The fourth-order valence-electron chi connectivity index (χ4n) is 3.49. The molecule has 1 amide bonds. The quantitative estimate of drug-likeness (QED) is 0.454. The van der Waals surface area contributed by atoms with Gasteiger partial charge in [0.15, 0.2) is 5.69 Å². The Morgan fingerprint density at radius 2 is 1.67 bits per heavy atom. The number of rotatable bonds is 6. The van der Waals surface area contributed by atoms with Crippen LogP contribution in [0.25, 0.3) is 21.7 Å². The van der Waals surface area contributed by atoms with Gasteiger partial charge in [-0.3, -0.25) is 9.48 Å². The van der Waals surface area contributed by atoms with Crippen LogP contribution in [0.15, 0.2) is 66.7 Å². The predicted octanol–water partition coefficient (Wildman–Crippen LogP) is 5.63. The number of carbonyl (C=O) groups excluding carboxylic acids is 1. The highest BCUT2D eigenvalue weighted by Crippen LogP contribution is 2.25. The molecule has 4 aromatic rings. The van der Waals surface area contributed by atoms with E-state index < -0.39 is 0 Å². The molecule has 4 nitrogen and oxygen atoms in total. The lowest BCUT2D eigenvalue weighted by Crippen LogP contribution is -2.14. The maximum atomic E-state index is 13.0. The second-order valence-corrected chi connectivity index (χ2v) is 6.78. The molecule has 27 heavy (non-hydrogen) atoms. The van der Waals surface area contributed by atoms with Gasteiger partial charge >= 0.3 is 0 Å². The lowest BCUT2D eigenvalue weighted by Gasteiger charge is -2.07. The number of carbonyl (C=O) groups is 1. The molecule has 0 aliphatic carbocycles. The zero-order valence-electron chi connectivity index (χ0n) is 15.5. The van der Waals surface area contributed by atoms with Gasteiger partial charge in [-0.2, -0.15) is 5.10 Å². The minimum atomic E-state index is -0.170. The Morgan fingerprint density at radius 3 is 2.52 bits per heavy atom. The monoisotopic (exact) mass is 357 g/mol. The summed E-state index contributed by atoms with van der Waals surface area (Å²) in [5.41, 5.74) is 2.30. The first-order chi connectivity index (χ1) is 13.3. The summed E-state index contributed by atoms with van der Waals surface area (Å²) in [5.74, 6) is -0.170. The van der Waals surface area contributed by atoms with Crippen molar-refractivity contribution >= 4 is 33.3 Å². The number of unbranched alkanes of at least 4 members (excludes halogenated alkanes) is 2. The Hall–Kier alpha value is -3.14. The standard InChI is InChI=1S/C23H23N3O/c1-2-3-8-16-26-21-15-7-6-13-19(21)22(25-26)23(27)24-20-14-9-11-17-10-4-5-12-18(17)20/h4-7,9-15H,2-3,8,16H2,1H3,(H,24,27). The number of nitrogens with zero attached hydrogens (tertiary/aromatic N) is 2. The molecule has 0 bridgehead atoms. The van der Waals surface area contributed by atoms with E-state index in [9.17, 15) is 4.79 Å². The molecule has 0 fully saturated rings. The average Bonchev–Trinajstić information content (AvgIpc) is 3.08. The summed E-state index contributed by atoms with van der Waals surface area (Å²) in [6, 6.07) is 21.9. The van der Waals surface area contributed by atoms with E-state index in [0.717, 1.165) is 53.2 Å². The molecule has 0 aliphatic rings. The third kappa shape index (κ3) is 3.43. The molecule has 136 valence electrons. The topological polar surface area (TPSA) is 46.9 Å². The number of aryl methyl sites for hydroxylation is 1.